The van der Waals surface area contributed by atoms with Crippen molar-refractivity contribution in [2.75, 3.05) is 13.6 Å². The average Bonchev–Trinajstić information content (AvgIpc) is 2.01. The lowest BCUT2D eigenvalue weighted by Gasteiger charge is -2.08. The van der Waals surface area contributed by atoms with Crippen molar-refractivity contribution in [3.05, 3.63) is 36.6 Å². The highest BCUT2D eigenvalue weighted by Crippen LogP contribution is 1.95. The van der Waals surface area contributed by atoms with E-state index < -0.39 is 0 Å². The van der Waals surface area contributed by atoms with Gasteiger partial charge in [0.25, 0.3) is 0 Å². The summed E-state index contributed by atoms with van der Waals surface area (Å²) in [5.41, 5.74) is 1.04. The minimum atomic E-state index is 1.03. The minimum absolute atomic E-state index is 1.03. The molecule has 0 aromatic carbocycles. The van der Waals surface area contributed by atoms with Gasteiger partial charge in [0.15, 0.2) is 0 Å². The van der Waals surface area contributed by atoms with Crippen LogP contribution in [-0.2, 0) is 0 Å². The molecule has 0 radical (unpaired) electrons. The van der Waals surface area contributed by atoms with Crippen molar-refractivity contribution in [3.63, 3.8) is 0 Å². The molecule has 0 unspecified atom stereocenters. The number of hydrogen-bond acceptors (Lipinski definition) is 1. The van der Waals surface area contributed by atoms with E-state index in [1.165, 1.54) is 0 Å². The third-order valence-corrected chi connectivity index (χ3v) is 1.42. The summed E-state index contributed by atoms with van der Waals surface area (Å²) in [5, 5.41) is 0. The summed E-state index contributed by atoms with van der Waals surface area (Å²) in [7, 11) is 2.04. The lowest BCUT2D eigenvalue weighted by atomic mass is 10.3. The molecule has 0 saturated heterocycles. The number of allylic oxidation sites excluding steroid dienone is 4. The molecule has 0 saturated carbocycles. The van der Waals surface area contributed by atoms with Crippen molar-refractivity contribution >= 4 is 0 Å². The quantitative estimate of drug-likeness (QED) is 0.558. The SMILES string of the molecule is C=C(/C=C\C)/C=C\N(C)CC. The van der Waals surface area contributed by atoms with Gasteiger partial charge in [-0.05, 0) is 31.7 Å². The highest BCUT2D eigenvalue weighted by Gasteiger charge is 1.82. The third-order valence-electron chi connectivity index (χ3n) is 1.42. The van der Waals surface area contributed by atoms with E-state index in [0.29, 0.717) is 0 Å². The zero-order chi connectivity index (χ0) is 8.69. The van der Waals surface area contributed by atoms with Gasteiger partial charge in [0.2, 0.25) is 0 Å². The zero-order valence-corrected chi connectivity index (χ0v) is 7.67. The first-order valence-corrected chi connectivity index (χ1v) is 3.90. The van der Waals surface area contributed by atoms with Gasteiger partial charge in [-0.25, -0.2) is 0 Å². The summed E-state index contributed by atoms with van der Waals surface area (Å²) in [6, 6.07) is 0. The van der Waals surface area contributed by atoms with E-state index in [1.54, 1.807) is 0 Å². The monoisotopic (exact) mass is 151 g/mol. The second kappa shape index (κ2) is 5.78. The Morgan fingerprint density at radius 3 is 2.55 bits per heavy atom. The molecule has 0 atom stereocenters. The fraction of sp³-hybridized carbons (Fsp3) is 0.400. The van der Waals surface area contributed by atoms with E-state index >= 15 is 0 Å². The first-order valence-electron chi connectivity index (χ1n) is 3.90. The molecule has 0 aliphatic carbocycles. The molecule has 0 aliphatic rings. The second-order valence-electron chi connectivity index (χ2n) is 2.46. The predicted octanol–water partition coefficient (Wildman–Crippen LogP) is 2.58. The van der Waals surface area contributed by atoms with Crippen LogP contribution in [0, 0.1) is 0 Å². The molecule has 1 nitrogen and oxygen atoms in total. The standard InChI is InChI=1S/C10H17N/c1-5-7-10(3)8-9-11(4)6-2/h5,7-9H,3,6H2,1-2,4H3/b7-5-,9-8-. The van der Waals surface area contributed by atoms with Gasteiger partial charge < -0.3 is 4.90 Å². The lowest BCUT2D eigenvalue weighted by molar-refractivity contribution is 0.484. The smallest absolute Gasteiger partial charge is 0.0140 e. The molecule has 0 fully saturated rings. The highest BCUT2D eigenvalue weighted by molar-refractivity contribution is 5.26. The number of nitrogens with zero attached hydrogens (tertiary/aromatic N) is 1. The minimum Gasteiger partial charge on any atom is -0.381 e. The molecule has 0 spiro atoms. The summed E-state index contributed by atoms with van der Waals surface area (Å²) in [6.07, 6.45) is 8.00. The molecule has 0 amide bonds. The Bertz CT molecular complexity index is 166. The van der Waals surface area contributed by atoms with Gasteiger partial charge in [-0.1, -0.05) is 18.7 Å². The number of hydrogen-bond donors (Lipinski definition) is 0. The van der Waals surface area contributed by atoms with Crippen LogP contribution in [0.2, 0.25) is 0 Å². The van der Waals surface area contributed by atoms with Crippen LogP contribution < -0.4 is 0 Å². The van der Waals surface area contributed by atoms with E-state index in [-0.39, 0.29) is 0 Å². The fourth-order valence-electron chi connectivity index (χ4n) is 0.598. The van der Waals surface area contributed by atoms with Crippen LogP contribution in [0.5, 0.6) is 0 Å². The van der Waals surface area contributed by atoms with Crippen LogP contribution in [0.25, 0.3) is 0 Å². The van der Waals surface area contributed by atoms with Crippen LogP contribution in [0.15, 0.2) is 36.6 Å². The average molecular weight is 151 g/mol. The molecule has 0 aromatic heterocycles. The predicted molar refractivity (Wildman–Crippen MR) is 51.4 cm³/mol. The first-order chi connectivity index (χ1) is 5.20. The summed E-state index contributed by atoms with van der Waals surface area (Å²) >= 11 is 0. The van der Waals surface area contributed by atoms with E-state index in [2.05, 4.69) is 18.4 Å². The van der Waals surface area contributed by atoms with Crippen molar-refractivity contribution in [2.45, 2.75) is 13.8 Å². The van der Waals surface area contributed by atoms with Crippen LogP contribution in [0.4, 0.5) is 0 Å². The molecule has 0 aromatic rings. The van der Waals surface area contributed by atoms with Crippen LogP contribution >= 0.6 is 0 Å². The van der Waals surface area contributed by atoms with Crippen molar-refractivity contribution in [1.29, 1.82) is 0 Å². The molecule has 0 bridgehead atoms. The summed E-state index contributed by atoms with van der Waals surface area (Å²) < 4.78 is 0. The molecular formula is C10H17N. The Hall–Kier alpha value is -0.980. The van der Waals surface area contributed by atoms with Gasteiger partial charge >= 0.3 is 0 Å². The van der Waals surface area contributed by atoms with Gasteiger partial charge in [0.1, 0.15) is 0 Å². The van der Waals surface area contributed by atoms with Gasteiger partial charge in [0, 0.05) is 13.6 Å². The van der Waals surface area contributed by atoms with Crippen LogP contribution in [-0.4, -0.2) is 18.5 Å². The number of rotatable bonds is 4. The van der Waals surface area contributed by atoms with Crippen LogP contribution in [0.3, 0.4) is 0 Å². The van der Waals surface area contributed by atoms with E-state index in [0.717, 1.165) is 12.1 Å². The molecule has 0 aliphatic heterocycles. The lowest BCUT2D eigenvalue weighted by Crippen LogP contribution is -2.08. The molecule has 0 rings (SSSR count). The summed E-state index contributed by atoms with van der Waals surface area (Å²) in [5.74, 6) is 0. The van der Waals surface area contributed by atoms with Crippen molar-refractivity contribution in [1.82, 2.24) is 4.90 Å². The van der Waals surface area contributed by atoms with Crippen molar-refractivity contribution in [2.24, 2.45) is 0 Å². The summed E-state index contributed by atoms with van der Waals surface area (Å²) in [4.78, 5) is 2.11. The van der Waals surface area contributed by atoms with E-state index in [9.17, 15) is 0 Å². The maximum absolute atomic E-state index is 3.85. The van der Waals surface area contributed by atoms with Crippen molar-refractivity contribution < 1.29 is 0 Å². The third kappa shape index (κ3) is 5.46. The van der Waals surface area contributed by atoms with Gasteiger partial charge in [-0.2, -0.15) is 0 Å². The molecule has 11 heavy (non-hydrogen) atoms. The summed E-state index contributed by atoms with van der Waals surface area (Å²) in [6.45, 7) is 8.98. The topological polar surface area (TPSA) is 3.24 Å². The molecule has 0 heterocycles. The fourth-order valence-corrected chi connectivity index (χ4v) is 0.598. The molecule has 1 heteroatoms. The molecule has 0 N–H and O–H groups in total. The Morgan fingerprint density at radius 2 is 2.09 bits per heavy atom. The Morgan fingerprint density at radius 1 is 1.45 bits per heavy atom. The largest absolute Gasteiger partial charge is 0.381 e. The van der Waals surface area contributed by atoms with Gasteiger partial charge in [-0.15, -0.1) is 0 Å². The molecule has 62 valence electrons. The second-order valence-corrected chi connectivity index (χ2v) is 2.46. The van der Waals surface area contributed by atoms with E-state index in [4.69, 9.17) is 0 Å². The van der Waals surface area contributed by atoms with E-state index in [1.807, 2.05) is 38.4 Å². The molecular weight excluding hydrogens is 134 g/mol. The highest BCUT2D eigenvalue weighted by atomic mass is 15.1. The zero-order valence-electron chi connectivity index (χ0n) is 7.67. The first kappa shape index (κ1) is 10.0. The van der Waals surface area contributed by atoms with Gasteiger partial charge in [-0.3, -0.25) is 0 Å². The van der Waals surface area contributed by atoms with Crippen molar-refractivity contribution in [3.8, 4) is 0 Å². The van der Waals surface area contributed by atoms with Crippen LogP contribution in [0.1, 0.15) is 13.8 Å². The normalized spacial score (nSPS) is 11.2. The maximum atomic E-state index is 3.85. The van der Waals surface area contributed by atoms with Gasteiger partial charge in [0.05, 0.1) is 0 Å². The Labute approximate surface area is 69.7 Å². The Balaban J connectivity index is 3.82. The Kier molecular flexibility index (Phi) is 5.26. The maximum Gasteiger partial charge on any atom is 0.0140 e.